The van der Waals surface area contributed by atoms with Crippen LogP contribution in [0.4, 0.5) is 10.8 Å². The van der Waals surface area contributed by atoms with Gasteiger partial charge in [-0.05, 0) is 49.4 Å². The number of benzene rings is 1. The Balaban J connectivity index is 1.66. The number of fused-ring (bicyclic) bond motifs is 1. The Hall–Kier alpha value is -3.47. The monoisotopic (exact) mass is 499 g/mol. The summed E-state index contributed by atoms with van der Waals surface area (Å²) in [6.07, 6.45) is 2.69. The second-order valence-corrected chi connectivity index (χ2v) is 9.74. The molecule has 0 aliphatic carbocycles. The summed E-state index contributed by atoms with van der Waals surface area (Å²) in [6, 6.07) is 6.25. The van der Waals surface area contributed by atoms with Crippen molar-refractivity contribution in [1.29, 1.82) is 0 Å². The summed E-state index contributed by atoms with van der Waals surface area (Å²) in [6.45, 7) is 5.76. The van der Waals surface area contributed by atoms with Crippen molar-refractivity contribution in [2.45, 2.75) is 46.2 Å². The van der Waals surface area contributed by atoms with Crippen molar-refractivity contribution in [3.8, 4) is 0 Å². The Labute approximate surface area is 206 Å². The number of aromatic nitrogens is 3. The summed E-state index contributed by atoms with van der Waals surface area (Å²) in [5.74, 6) is -0.272. The van der Waals surface area contributed by atoms with E-state index in [-0.39, 0.29) is 24.3 Å². The van der Waals surface area contributed by atoms with E-state index in [9.17, 15) is 19.2 Å². The predicted molar refractivity (Wildman–Crippen MR) is 135 cm³/mol. The van der Waals surface area contributed by atoms with Crippen LogP contribution in [0.15, 0.2) is 33.9 Å². The second kappa shape index (κ2) is 10.4. The molecule has 0 saturated carbocycles. The molecule has 1 aliphatic heterocycles. The maximum atomic E-state index is 13.2. The fourth-order valence-electron chi connectivity index (χ4n) is 4.12. The van der Waals surface area contributed by atoms with Crippen molar-refractivity contribution in [1.82, 2.24) is 14.1 Å². The molecule has 1 saturated heterocycles. The maximum Gasteiger partial charge on any atom is 0.337 e. The molecule has 1 aliphatic rings. The standard InChI is InChI=1S/C24H29N5O5S/c1-4-11-28-21(31)19-20(26-23(35-19)27-12-9-15(2)10-13-27)29(24(28)33)14-18(30)25-17-7-5-16(6-8-17)22(32)34-3/h5-8,15H,4,9-14H2,1-3H3,(H,25,30). The predicted octanol–water partition coefficient (Wildman–Crippen LogP) is 2.69. The molecule has 10 nitrogen and oxygen atoms in total. The molecule has 0 unspecified atom stereocenters. The third kappa shape index (κ3) is 5.14. The number of ether oxygens (including phenoxy) is 1. The molecule has 35 heavy (non-hydrogen) atoms. The van der Waals surface area contributed by atoms with E-state index in [1.165, 1.54) is 27.6 Å². The molecule has 0 spiro atoms. The van der Waals surface area contributed by atoms with Gasteiger partial charge in [0.05, 0.1) is 12.7 Å². The number of methoxy groups -OCH3 is 1. The van der Waals surface area contributed by atoms with Crippen LogP contribution < -0.4 is 21.5 Å². The molecule has 1 N–H and O–H groups in total. The molecule has 1 aromatic carbocycles. The van der Waals surface area contributed by atoms with Gasteiger partial charge in [0, 0.05) is 25.3 Å². The van der Waals surface area contributed by atoms with Gasteiger partial charge in [-0.1, -0.05) is 25.2 Å². The maximum absolute atomic E-state index is 13.2. The van der Waals surface area contributed by atoms with Crippen LogP contribution in [0.2, 0.25) is 0 Å². The summed E-state index contributed by atoms with van der Waals surface area (Å²) >= 11 is 1.28. The lowest BCUT2D eigenvalue weighted by molar-refractivity contribution is -0.116. The number of thiazole rings is 1. The van der Waals surface area contributed by atoms with Crippen LogP contribution in [0.3, 0.4) is 0 Å². The largest absolute Gasteiger partial charge is 0.465 e. The number of carbonyl (C=O) groups is 2. The van der Waals surface area contributed by atoms with Crippen LogP contribution in [0.25, 0.3) is 10.3 Å². The van der Waals surface area contributed by atoms with Gasteiger partial charge in [0.15, 0.2) is 10.8 Å². The number of nitrogens with zero attached hydrogens (tertiary/aromatic N) is 4. The molecular weight excluding hydrogens is 470 g/mol. The fraction of sp³-hybridized carbons (Fsp3) is 0.458. The van der Waals surface area contributed by atoms with Crippen molar-refractivity contribution in [3.05, 3.63) is 50.7 Å². The highest BCUT2D eigenvalue weighted by atomic mass is 32.1. The molecule has 4 rings (SSSR count). The first-order valence-corrected chi connectivity index (χ1v) is 12.5. The minimum atomic E-state index is -0.551. The number of hydrogen-bond donors (Lipinski definition) is 1. The van der Waals surface area contributed by atoms with Gasteiger partial charge < -0.3 is 15.0 Å². The minimum absolute atomic E-state index is 0.238. The summed E-state index contributed by atoms with van der Waals surface area (Å²) in [7, 11) is 1.30. The van der Waals surface area contributed by atoms with Gasteiger partial charge in [0.1, 0.15) is 11.2 Å². The smallest absolute Gasteiger partial charge is 0.337 e. The van der Waals surface area contributed by atoms with E-state index >= 15 is 0 Å². The Bertz CT molecular complexity index is 1350. The molecule has 186 valence electrons. The highest BCUT2D eigenvalue weighted by molar-refractivity contribution is 7.22. The molecule has 3 heterocycles. The van der Waals surface area contributed by atoms with E-state index in [2.05, 4.69) is 26.9 Å². The summed E-state index contributed by atoms with van der Waals surface area (Å²) in [4.78, 5) is 57.6. The van der Waals surface area contributed by atoms with Crippen LogP contribution in [0.5, 0.6) is 0 Å². The molecule has 2 aromatic heterocycles. The number of piperidine rings is 1. The van der Waals surface area contributed by atoms with Crippen LogP contribution in [0.1, 0.15) is 43.5 Å². The number of anilines is 2. The van der Waals surface area contributed by atoms with E-state index in [1.807, 2.05) is 6.92 Å². The first-order chi connectivity index (χ1) is 16.8. The fourth-order valence-corrected chi connectivity index (χ4v) is 5.19. The Morgan fingerprint density at radius 1 is 1.14 bits per heavy atom. The van der Waals surface area contributed by atoms with E-state index in [1.54, 1.807) is 24.3 Å². The van der Waals surface area contributed by atoms with Crippen molar-refractivity contribution < 1.29 is 14.3 Å². The summed E-state index contributed by atoms with van der Waals surface area (Å²) in [5.41, 5.74) is 0.148. The molecule has 1 amide bonds. The zero-order valence-electron chi connectivity index (χ0n) is 20.1. The van der Waals surface area contributed by atoms with Gasteiger partial charge in [-0.2, -0.15) is 0 Å². The first-order valence-electron chi connectivity index (χ1n) is 11.7. The number of carbonyl (C=O) groups excluding carboxylic acids is 2. The Kier molecular flexibility index (Phi) is 7.34. The third-order valence-corrected chi connectivity index (χ3v) is 7.24. The molecule has 1 fully saturated rings. The van der Waals surface area contributed by atoms with Gasteiger partial charge in [0.2, 0.25) is 5.91 Å². The molecule has 0 bridgehead atoms. The lowest BCUT2D eigenvalue weighted by atomic mass is 10.00. The Morgan fingerprint density at radius 3 is 2.46 bits per heavy atom. The third-order valence-electron chi connectivity index (χ3n) is 6.15. The molecule has 0 radical (unpaired) electrons. The number of rotatable bonds is 7. The van der Waals surface area contributed by atoms with Gasteiger partial charge in [-0.25, -0.2) is 14.6 Å². The first kappa shape index (κ1) is 24.6. The van der Waals surface area contributed by atoms with E-state index in [4.69, 9.17) is 0 Å². The molecule has 0 atom stereocenters. The zero-order valence-corrected chi connectivity index (χ0v) is 20.9. The van der Waals surface area contributed by atoms with E-state index in [0.29, 0.717) is 33.4 Å². The van der Waals surface area contributed by atoms with Crippen molar-refractivity contribution >= 4 is 44.4 Å². The average molecular weight is 500 g/mol. The lowest BCUT2D eigenvalue weighted by Gasteiger charge is -2.29. The number of esters is 1. The quantitative estimate of drug-likeness (QED) is 0.497. The average Bonchev–Trinajstić information content (AvgIpc) is 3.30. The molecule has 11 heteroatoms. The number of amides is 1. The highest BCUT2D eigenvalue weighted by Gasteiger charge is 2.24. The van der Waals surface area contributed by atoms with Crippen LogP contribution in [-0.2, 0) is 22.6 Å². The van der Waals surface area contributed by atoms with Gasteiger partial charge in [-0.15, -0.1) is 0 Å². The highest BCUT2D eigenvalue weighted by Crippen LogP contribution is 2.29. The second-order valence-electron chi connectivity index (χ2n) is 8.76. The van der Waals surface area contributed by atoms with Crippen molar-refractivity contribution in [2.24, 2.45) is 5.92 Å². The van der Waals surface area contributed by atoms with Crippen molar-refractivity contribution in [2.75, 3.05) is 30.4 Å². The van der Waals surface area contributed by atoms with Crippen molar-refractivity contribution in [3.63, 3.8) is 0 Å². The normalized spacial score (nSPS) is 14.3. The summed E-state index contributed by atoms with van der Waals surface area (Å²) < 4.78 is 7.51. The van der Waals surface area contributed by atoms with E-state index in [0.717, 1.165) is 25.9 Å². The molecule has 3 aromatic rings. The minimum Gasteiger partial charge on any atom is -0.465 e. The van der Waals surface area contributed by atoms with Crippen LogP contribution >= 0.6 is 11.3 Å². The van der Waals surface area contributed by atoms with Crippen LogP contribution in [-0.4, -0.2) is 46.2 Å². The van der Waals surface area contributed by atoms with E-state index < -0.39 is 17.6 Å². The van der Waals surface area contributed by atoms with Crippen LogP contribution in [0, 0.1) is 5.92 Å². The van der Waals surface area contributed by atoms with Gasteiger partial charge in [-0.3, -0.25) is 18.7 Å². The number of hydrogen-bond acceptors (Lipinski definition) is 8. The Morgan fingerprint density at radius 2 is 1.83 bits per heavy atom. The van der Waals surface area contributed by atoms with Gasteiger partial charge >= 0.3 is 11.7 Å². The molecular formula is C24H29N5O5S. The SMILES string of the molecule is CCCn1c(=O)c2sc(N3CCC(C)CC3)nc2n(CC(=O)Nc2ccc(C(=O)OC)cc2)c1=O. The number of nitrogens with one attached hydrogen (secondary N) is 1. The summed E-state index contributed by atoms with van der Waals surface area (Å²) in [5, 5.41) is 3.43. The van der Waals surface area contributed by atoms with Gasteiger partial charge in [0.25, 0.3) is 5.56 Å². The zero-order chi connectivity index (χ0) is 25.1. The topological polar surface area (TPSA) is 116 Å². The lowest BCUT2D eigenvalue weighted by Crippen LogP contribution is -2.41.